The van der Waals surface area contributed by atoms with Gasteiger partial charge in [0, 0.05) is 12.6 Å². The van der Waals surface area contributed by atoms with Crippen LogP contribution in [0.1, 0.15) is 36.9 Å². The van der Waals surface area contributed by atoms with E-state index >= 15 is 0 Å². The Morgan fingerprint density at radius 1 is 1.26 bits per heavy atom. The molecule has 0 bridgehead atoms. The molecular formula is C16H19NO2. The van der Waals surface area contributed by atoms with Crippen LogP contribution in [0.2, 0.25) is 0 Å². The van der Waals surface area contributed by atoms with E-state index in [4.69, 9.17) is 4.74 Å². The van der Waals surface area contributed by atoms with Crippen molar-refractivity contribution in [1.82, 2.24) is 4.90 Å². The molecule has 0 amide bonds. The molecule has 1 aromatic rings. The third kappa shape index (κ3) is 1.57. The molecule has 0 N–H and O–H groups in total. The highest BCUT2D eigenvalue weighted by Gasteiger charge is 2.51. The molecule has 3 heteroatoms. The van der Waals surface area contributed by atoms with Crippen LogP contribution in [0.25, 0.3) is 0 Å². The van der Waals surface area contributed by atoms with Crippen molar-refractivity contribution in [3.63, 3.8) is 0 Å². The number of hydrogen-bond donors (Lipinski definition) is 0. The van der Waals surface area contributed by atoms with Crippen LogP contribution >= 0.6 is 0 Å². The third-order valence-corrected chi connectivity index (χ3v) is 5.09. The van der Waals surface area contributed by atoms with Gasteiger partial charge in [0.05, 0.1) is 12.0 Å². The summed E-state index contributed by atoms with van der Waals surface area (Å²) in [5, 5.41) is 0. The Labute approximate surface area is 113 Å². The summed E-state index contributed by atoms with van der Waals surface area (Å²) < 4.78 is 5.46. The summed E-state index contributed by atoms with van der Waals surface area (Å²) in [7, 11) is 0. The fraction of sp³-hybridized carbons (Fsp3) is 0.562. The van der Waals surface area contributed by atoms with Gasteiger partial charge >= 0.3 is 5.97 Å². The number of fused-ring (bicyclic) bond motifs is 5. The number of ether oxygens (including phenoxy) is 1. The summed E-state index contributed by atoms with van der Waals surface area (Å²) in [6, 6.07) is 9.55. The Balaban J connectivity index is 1.72. The smallest absolute Gasteiger partial charge is 0.310 e. The molecule has 2 saturated heterocycles. The number of carbonyl (C=O) groups excluding carboxylic acids is 1. The molecule has 4 atom stereocenters. The van der Waals surface area contributed by atoms with Crippen molar-refractivity contribution in [1.29, 1.82) is 0 Å². The van der Waals surface area contributed by atoms with E-state index in [9.17, 15) is 4.79 Å². The molecule has 0 aliphatic carbocycles. The molecule has 3 aliphatic heterocycles. The van der Waals surface area contributed by atoms with Crippen molar-refractivity contribution in [3.8, 4) is 0 Å². The average Bonchev–Trinajstić information content (AvgIpc) is 2.74. The zero-order valence-electron chi connectivity index (χ0n) is 11.2. The SMILES string of the molecule is C[C@@H]1OC(=O)[C@@H]2CC[C@H]3c4ccccc4CCN3[C@@H]12. The predicted octanol–water partition coefficient (Wildman–Crippen LogP) is 2.31. The standard InChI is InChI=1S/C16H19NO2/c1-10-15-13(16(18)19-10)6-7-14-12-5-3-2-4-11(12)8-9-17(14)15/h2-5,10,13-15H,6-9H2,1H3/t10-,13+,14-,15-/m0/s1. The Kier molecular flexibility index (Phi) is 2.46. The minimum absolute atomic E-state index is 0.0230. The molecule has 100 valence electrons. The fourth-order valence-corrected chi connectivity index (χ4v) is 4.28. The number of cyclic esters (lactones) is 1. The fourth-order valence-electron chi connectivity index (χ4n) is 4.28. The molecule has 4 rings (SSSR count). The first-order valence-electron chi connectivity index (χ1n) is 7.30. The molecule has 1 aromatic carbocycles. The zero-order valence-corrected chi connectivity index (χ0v) is 11.2. The van der Waals surface area contributed by atoms with Crippen molar-refractivity contribution < 1.29 is 9.53 Å². The van der Waals surface area contributed by atoms with E-state index in [1.54, 1.807) is 0 Å². The van der Waals surface area contributed by atoms with Gasteiger partial charge in [-0.15, -0.1) is 0 Å². The molecule has 0 spiro atoms. The quantitative estimate of drug-likeness (QED) is 0.668. The topological polar surface area (TPSA) is 29.5 Å². The number of benzene rings is 1. The highest BCUT2D eigenvalue weighted by molar-refractivity contribution is 5.76. The Bertz CT molecular complexity index is 527. The maximum atomic E-state index is 11.9. The lowest BCUT2D eigenvalue weighted by molar-refractivity contribution is -0.144. The van der Waals surface area contributed by atoms with Gasteiger partial charge in [-0.05, 0) is 37.3 Å². The summed E-state index contributed by atoms with van der Waals surface area (Å²) in [5.74, 6) is 0.131. The normalized spacial score (nSPS) is 37.2. The van der Waals surface area contributed by atoms with E-state index in [1.807, 2.05) is 6.92 Å². The number of hydrogen-bond acceptors (Lipinski definition) is 3. The Hall–Kier alpha value is -1.35. The van der Waals surface area contributed by atoms with Gasteiger partial charge in [0.1, 0.15) is 6.10 Å². The van der Waals surface area contributed by atoms with Crippen molar-refractivity contribution >= 4 is 5.97 Å². The van der Waals surface area contributed by atoms with Crippen molar-refractivity contribution in [2.45, 2.75) is 44.4 Å². The number of rotatable bonds is 0. The highest BCUT2D eigenvalue weighted by atomic mass is 16.6. The van der Waals surface area contributed by atoms with Gasteiger partial charge < -0.3 is 4.74 Å². The molecule has 0 unspecified atom stereocenters. The first-order valence-corrected chi connectivity index (χ1v) is 7.30. The maximum absolute atomic E-state index is 11.9. The molecule has 3 aliphatic rings. The van der Waals surface area contributed by atoms with Crippen LogP contribution in [0.3, 0.4) is 0 Å². The van der Waals surface area contributed by atoms with Gasteiger partial charge in [-0.2, -0.15) is 0 Å². The Morgan fingerprint density at radius 3 is 3.00 bits per heavy atom. The van der Waals surface area contributed by atoms with Crippen LogP contribution in [0.4, 0.5) is 0 Å². The number of esters is 1. The number of carbonyl (C=O) groups is 1. The molecule has 3 nitrogen and oxygen atoms in total. The van der Waals surface area contributed by atoms with Gasteiger partial charge in [-0.3, -0.25) is 9.69 Å². The van der Waals surface area contributed by atoms with Crippen LogP contribution in [0, 0.1) is 5.92 Å². The van der Waals surface area contributed by atoms with Crippen LogP contribution in [-0.4, -0.2) is 29.6 Å². The number of piperidine rings is 1. The summed E-state index contributed by atoms with van der Waals surface area (Å²) >= 11 is 0. The minimum Gasteiger partial charge on any atom is -0.461 e. The van der Waals surface area contributed by atoms with Crippen LogP contribution < -0.4 is 0 Å². The summed E-state index contributed by atoms with van der Waals surface area (Å²) in [6.45, 7) is 3.11. The van der Waals surface area contributed by atoms with E-state index in [0.717, 1.165) is 25.8 Å². The predicted molar refractivity (Wildman–Crippen MR) is 71.7 cm³/mol. The molecule has 0 radical (unpaired) electrons. The van der Waals surface area contributed by atoms with E-state index in [0.29, 0.717) is 12.1 Å². The monoisotopic (exact) mass is 257 g/mol. The highest BCUT2D eigenvalue weighted by Crippen LogP contribution is 2.45. The van der Waals surface area contributed by atoms with E-state index < -0.39 is 0 Å². The lowest BCUT2D eigenvalue weighted by Crippen LogP contribution is -2.52. The average molecular weight is 257 g/mol. The molecule has 3 heterocycles. The first-order chi connectivity index (χ1) is 9.25. The van der Waals surface area contributed by atoms with Gasteiger partial charge in [-0.1, -0.05) is 24.3 Å². The lowest BCUT2D eigenvalue weighted by Gasteiger charge is -2.46. The second-order valence-corrected chi connectivity index (χ2v) is 6.02. The van der Waals surface area contributed by atoms with Gasteiger partial charge in [0.25, 0.3) is 0 Å². The van der Waals surface area contributed by atoms with Gasteiger partial charge in [0.2, 0.25) is 0 Å². The van der Waals surface area contributed by atoms with Crippen LogP contribution in [0.5, 0.6) is 0 Å². The molecule has 19 heavy (non-hydrogen) atoms. The van der Waals surface area contributed by atoms with Gasteiger partial charge in [-0.25, -0.2) is 0 Å². The van der Waals surface area contributed by atoms with Crippen LogP contribution in [0.15, 0.2) is 24.3 Å². The van der Waals surface area contributed by atoms with E-state index in [2.05, 4.69) is 29.2 Å². The maximum Gasteiger partial charge on any atom is 0.310 e. The molecule has 0 aromatic heterocycles. The Morgan fingerprint density at radius 2 is 2.11 bits per heavy atom. The number of nitrogens with zero attached hydrogens (tertiary/aromatic N) is 1. The largest absolute Gasteiger partial charge is 0.461 e. The summed E-state index contributed by atoms with van der Waals surface area (Å²) in [4.78, 5) is 14.4. The summed E-state index contributed by atoms with van der Waals surface area (Å²) in [6.07, 6.45) is 3.20. The molecule has 0 saturated carbocycles. The molecular weight excluding hydrogens is 238 g/mol. The first kappa shape index (κ1) is 11.5. The summed E-state index contributed by atoms with van der Waals surface area (Å²) in [5.41, 5.74) is 2.96. The van der Waals surface area contributed by atoms with Crippen LogP contribution in [-0.2, 0) is 16.0 Å². The van der Waals surface area contributed by atoms with Crippen molar-refractivity contribution in [2.75, 3.05) is 6.54 Å². The van der Waals surface area contributed by atoms with Crippen molar-refractivity contribution in [3.05, 3.63) is 35.4 Å². The second kappa shape index (κ2) is 4.07. The van der Waals surface area contributed by atoms with Gasteiger partial charge in [0.15, 0.2) is 0 Å². The van der Waals surface area contributed by atoms with E-state index in [-0.39, 0.29) is 18.0 Å². The zero-order chi connectivity index (χ0) is 13.0. The second-order valence-electron chi connectivity index (χ2n) is 6.02. The minimum atomic E-state index is 0.0230. The lowest BCUT2D eigenvalue weighted by atomic mass is 9.79. The van der Waals surface area contributed by atoms with E-state index in [1.165, 1.54) is 11.1 Å². The molecule has 2 fully saturated rings. The van der Waals surface area contributed by atoms with Crippen molar-refractivity contribution in [2.24, 2.45) is 5.92 Å². The third-order valence-electron chi connectivity index (χ3n) is 5.09.